The Morgan fingerprint density at radius 2 is 1.62 bits per heavy atom. The molecule has 0 saturated carbocycles. The number of methoxy groups -OCH3 is 1. The minimum Gasteiger partial charge on any atom is -0.497 e. The van der Waals surface area contributed by atoms with Gasteiger partial charge in [-0.15, -0.1) is 18.3 Å². The molecule has 3 N–H and O–H groups in total. The number of aliphatic hydroxyl groups is 1. The van der Waals surface area contributed by atoms with E-state index in [0.717, 1.165) is 35.4 Å². The maximum absolute atomic E-state index is 12.3. The second kappa shape index (κ2) is 11.8. The van der Waals surface area contributed by atoms with Crippen LogP contribution in [0.15, 0.2) is 79.1 Å². The number of benzene rings is 3. The number of ether oxygens (including phenoxy) is 2. The Balaban J connectivity index is 1.24. The van der Waals surface area contributed by atoms with E-state index in [1.165, 1.54) is 35.3 Å². The number of anilines is 1. The van der Waals surface area contributed by atoms with E-state index < -0.39 is 12.7 Å². The van der Waals surface area contributed by atoms with E-state index in [9.17, 15) is 18.3 Å². The Kier molecular flexibility index (Phi) is 8.26. The van der Waals surface area contributed by atoms with Crippen LogP contribution in [-0.4, -0.2) is 46.2 Å². The van der Waals surface area contributed by atoms with Gasteiger partial charge in [0.2, 0.25) is 0 Å². The summed E-state index contributed by atoms with van der Waals surface area (Å²) in [5, 5.41) is 20.5. The van der Waals surface area contributed by atoms with Crippen LogP contribution in [0.5, 0.6) is 11.5 Å². The van der Waals surface area contributed by atoms with E-state index in [2.05, 4.69) is 25.5 Å². The molecule has 0 saturated heterocycles. The van der Waals surface area contributed by atoms with Gasteiger partial charge in [-0.1, -0.05) is 24.3 Å². The highest BCUT2D eigenvalue weighted by molar-refractivity contribution is 5.55. The third-order valence-corrected chi connectivity index (χ3v) is 5.41. The van der Waals surface area contributed by atoms with E-state index >= 15 is 0 Å². The first-order chi connectivity index (χ1) is 17.8. The lowest BCUT2D eigenvalue weighted by molar-refractivity contribution is -0.274. The van der Waals surface area contributed by atoms with E-state index in [0.29, 0.717) is 18.1 Å². The van der Waals surface area contributed by atoms with Crippen molar-refractivity contribution in [2.45, 2.75) is 25.6 Å². The molecule has 0 radical (unpaired) electrons. The quantitative estimate of drug-likeness (QED) is 0.197. The highest BCUT2D eigenvalue weighted by Gasteiger charge is 2.31. The predicted octanol–water partition coefficient (Wildman–Crippen LogP) is 4.75. The summed E-state index contributed by atoms with van der Waals surface area (Å²) in [7, 11) is 1.60. The second-order valence-electron chi connectivity index (χ2n) is 8.08. The van der Waals surface area contributed by atoms with Crippen LogP contribution in [0.2, 0.25) is 0 Å². The standard InChI is InChI=1S/C26H26F3N5O3/c1-36-22-12-8-20(9-13-22)32-25(35)30-16-2-3-18-4-6-19(7-5-18)24-31-17-34(33-24)21-10-14-23(15-11-21)37-26(27,28)29/h4-15,17,25,30,32,35H,2-3,16H2,1H3. The SMILES string of the molecule is COc1ccc(NC(O)NCCCc2ccc(-c3ncn(-c4ccc(OC(F)(F)F)cc4)n3)cc2)cc1. The lowest BCUT2D eigenvalue weighted by atomic mass is 10.1. The largest absolute Gasteiger partial charge is 0.573 e. The van der Waals surface area contributed by atoms with Crippen molar-refractivity contribution in [2.24, 2.45) is 0 Å². The number of hydrogen-bond acceptors (Lipinski definition) is 7. The lowest BCUT2D eigenvalue weighted by Gasteiger charge is -2.16. The zero-order valence-electron chi connectivity index (χ0n) is 19.9. The molecule has 0 amide bonds. The van der Waals surface area contributed by atoms with Gasteiger partial charge in [-0.25, -0.2) is 9.67 Å². The van der Waals surface area contributed by atoms with Crippen LogP contribution in [0.4, 0.5) is 18.9 Å². The summed E-state index contributed by atoms with van der Waals surface area (Å²) in [6, 6.07) is 20.5. The molecule has 1 unspecified atom stereocenters. The third-order valence-electron chi connectivity index (χ3n) is 5.41. The summed E-state index contributed by atoms with van der Waals surface area (Å²) in [5.41, 5.74) is 3.28. The van der Waals surface area contributed by atoms with Gasteiger partial charge >= 0.3 is 6.36 Å². The molecule has 194 valence electrons. The van der Waals surface area contributed by atoms with Crippen molar-refractivity contribution < 1.29 is 27.8 Å². The second-order valence-corrected chi connectivity index (χ2v) is 8.08. The fourth-order valence-electron chi connectivity index (χ4n) is 3.57. The van der Waals surface area contributed by atoms with E-state index in [4.69, 9.17) is 4.74 Å². The lowest BCUT2D eigenvalue weighted by Crippen LogP contribution is -2.36. The molecule has 4 aromatic rings. The number of aryl methyl sites for hydroxylation is 1. The van der Waals surface area contributed by atoms with Crippen molar-refractivity contribution in [3.05, 3.63) is 84.7 Å². The van der Waals surface area contributed by atoms with Gasteiger partial charge in [0.25, 0.3) is 0 Å². The van der Waals surface area contributed by atoms with Gasteiger partial charge in [-0.3, -0.25) is 5.32 Å². The van der Waals surface area contributed by atoms with Crippen molar-refractivity contribution in [2.75, 3.05) is 19.0 Å². The van der Waals surface area contributed by atoms with Crippen LogP contribution in [0.1, 0.15) is 12.0 Å². The van der Waals surface area contributed by atoms with Crippen molar-refractivity contribution in [3.8, 4) is 28.6 Å². The highest BCUT2D eigenvalue weighted by atomic mass is 19.4. The first kappa shape index (κ1) is 26.0. The van der Waals surface area contributed by atoms with Gasteiger partial charge in [0, 0.05) is 11.3 Å². The Morgan fingerprint density at radius 1 is 0.946 bits per heavy atom. The summed E-state index contributed by atoms with van der Waals surface area (Å²) >= 11 is 0. The number of aromatic nitrogens is 3. The van der Waals surface area contributed by atoms with Crippen LogP contribution in [-0.2, 0) is 6.42 Å². The first-order valence-corrected chi connectivity index (χ1v) is 11.5. The van der Waals surface area contributed by atoms with Crippen molar-refractivity contribution in [3.63, 3.8) is 0 Å². The number of nitrogens with one attached hydrogen (secondary N) is 2. The zero-order chi connectivity index (χ0) is 26.3. The number of alkyl halides is 3. The van der Waals surface area contributed by atoms with Gasteiger partial charge in [0.05, 0.1) is 12.8 Å². The molecular weight excluding hydrogens is 487 g/mol. The number of hydrogen-bond donors (Lipinski definition) is 3. The molecule has 1 heterocycles. The number of halogens is 3. The predicted molar refractivity (Wildman–Crippen MR) is 132 cm³/mol. The van der Waals surface area contributed by atoms with Crippen LogP contribution in [0, 0.1) is 0 Å². The first-order valence-electron chi connectivity index (χ1n) is 11.5. The normalized spacial score (nSPS) is 12.2. The molecule has 4 rings (SSSR count). The van der Waals surface area contributed by atoms with Gasteiger partial charge in [-0.2, -0.15) is 0 Å². The maximum Gasteiger partial charge on any atom is 0.573 e. The summed E-state index contributed by atoms with van der Waals surface area (Å²) in [6.45, 7) is 0.616. The van der Waals surface area contributed by atoms with Crippen LogP contribution < -0.4 is 20.1 Å². The van der Waals surface area contributed by atoms with E-state index in [1.54, 1.807) is 7.11 Å². The average Bonchev–Trinajstić information content (AvgIpc) is 3.37. The summed E-state index contributed by atoms with van der Waals surface area (Å²) in [6.07, 6.45) is -2.47. The molecule has 37 heavy (non-hydrogen) atoms. The molecule has 0 aliphatic heterocycles. The summed E-state index contributed by atoms with van der Waals surface area (Å²) in [4.78, 5) is 4.30. The molecule has 0 fully saturated rings. The molecule has 11 heteroatoms. The number of aliphatic hydroxyl groups excluding tert-OH is 1. The molecule has 0 aliphatic rings. The van der Waals surface area contributed by atoms with Crippen LogP contribution >= 0.6 is 0 Å². The van der Waals surface area contributed by atoms with E-state index in [-0.39, 0.29) is 5.75 Å². The molecule has 0 aliphatic carbocycles. The number of rotatable bonds is 11. The Labute approximate surface area is 211 Å². The summed E-state index contributed by atoms with van der Waals surface area (Å²) in [5.74, 6) is 0.943. The molecule has 8 nitrogen and oxygen atoms in total. The number of nitrogens with zero attached hydrogens (tertiary/aromatic N) is 3. The maximum atomic E-state index is 12.3. The fourth-order valence-corrected chi connectivity index (χ4v) is 3.57. The average molecular weight is 514 g/mol. The van der Waals surface area contributed by atoms with Crippen LogP contribution in [0.3, 0.4) is 0 Å². The van der Waals surface area contributed by atoms with Crippen molar-refractivity contribution in [1.29, 1.82) is 0 Å². The fraction of sp³-hybridized carbons (Fsp3) is 0.231. The Morgan fingerprint density at radius 3 is 2.27 bits per heavy atom. The summed E-state index contributed by atoms with van der Waals surface area (Å²) < 4.78 is 47.5. The monoisotopic (exact) mass is 513 g/mol. The Bertz CT molecular complexity index is 1260. The van der Waals surface area contributed by atoms with Crippen molar-refractivity contribution in [1.82, 2.24) is 20.1 Å². The molecule has 0 spiro atoms. The van der Waals surface area contributed by atoms with Gasteiger partial charge in [-0.05, 0) is 73.5 Å². The minimum atomic E-state index is -4.74. The van der Waals surface area contributed by atoms with Crippen molar-refractivity contribution >= 4 is 5.69 Å². The highest BCUT2D eigenvalue weighted by Crippen LogP contribution is 2.24. The van der Waals surface area contributed by atoms with E-state index in [1.807, 2.05) is 48.5 Å². The molecule has 1 aromatic heterocycles. The Hall–Kier alpha value is -4.09. The third kappa shape index (κ3) is 7.69. The molecule has 1 atom stereocenters. The topological polar surface area (TPSA) is 93.5 Å². The van der Waals surface area contributed by atoms with Gasteiger partial charge < -0.3 is 19.9 Å². The molecule has 0 bridgehead atoms. The van der Waals surface area contributed by atoms with Crippen LogP contribution in [0.25, 0.3) is 17.1 Å². The smallest absolute Gasteiger partial charge is 0.497 e. The van der Waals surface area contributed by atoms with Gasteiger partial charge in [0.15, 0.2) is 12.2 Å². The zero-order valence-corrected chi connectivity index (χ0v) is 19.9. The molecular formula is C26H26F3N5O3. The molecule has 3 aromatic carbocycles. The minimum absolute atomic E-state index is 0.301. The van der Waals surface area contributed by atoms with Gasteiger partial charge in [0.1, 0.15) is 17.8 Å².